The Hall–Kier alpha value is -1.63. The summed E-state index contributed by atoms with van der Waals surface area (Å²) < 4.78 is 1.23. The van der Waals surface area contributed by atoms with Gasteiger partial charge in [-0.05, 0) is 0 Å². The first-order chi connectivity index (χ1) is 5.79. The predicted molar refractivity (Wildman–Crippen MR) is 45.7 cm³/mol. The Morgan fingerprint density at radius 3 is 2.75 bits per heavy atom. The molecule has 0 aliphatic heterocycles. The Labute approximate surface area is 71.8 Å². The van der Waals surface area contributed by atoms with E-state index in [1.165, 1.54) is 16.0 Å². The van der Waals surface area contributed by atoms with Gasteiger partial charge in [0.2, 0.25) is 5.95 Å². The van der Waals surface area contributed by atoms with Crippen LogP contribution in [0.3, 0.4) is 0 Å². The summed E-state index contributed by atoms with van der Waals surface area (Å²) in [6.07, 6.45) is 1.66. The summed E-state index contributed by atoms with van der Waals surface area (Å²) in [5, 5.41) is 7.41. The van der Waals surface area contributed by atoms with Crippen LogP contribution in [0.25, 0.3) is 10.7 Å². The third-order valence-corrected chi connectivity index (χ3v) is 2.14. The lowest BCUT2D eigenvalue weighted by Crippen LogP contribution is -2.12. The van der Waals surface area contributed by atoms with E-state index in [-0.39, 0.29) is 5.95 Å². The molecule has 0 bridgehead atoms. The molecule has 0 spiro atoms. The van der Waals surface area contributed by atoms with E-state index in [1.54, 1.807) is 11.7 Å². The first kappa shape index (κ1) is 7.04. The highest BCUT2D eigenvalue weighted by Crippen LogP contribution is 2.20. The summed E-state index contributed by atoms with van der Waals surface area (Å²) in [4.78, 5) is 4.74. The van der Waals surface area contributed by atoms with E-state index < -0.39 is 0 Å². The normalized spacial score (nSPS) is 10.3. The van der Waals surface area contributed by atoms with Crippen molar-refractivity contribution in [3.8, 4) is 10.7 Å². The minimum absolute atomic E-state index is 0.193. The van der Waals surface area contributed by atoms with Crippen LogP contribution in [-0.2, 0) is 0 Å². The van der Waals surface area contributed by atoms with Gasteiger partial charge in [-0.15, -0.1) is 21.5 Å². The molecule has 0 fully saturated rings. The van der Waals surface area contributed by atoms with Gasteiger partial charge in [0.1, 0.15) is 0 Å². The molecule has 4 N–H and O–H groups in total. The zero-order chi connectivity index (χ0) is 8.55. The highest BCUT2D eigenvalue weighted by atomic mass is 32.1. The van der Waals surface area contributed by atoms with E-state index in [1.807, 2.05) is 0 Å². The standard InChI is InChI=1S/C5H6N6S/c6-5-10-9-4(11(5)7)3-1-8-2-12-3/h1-2H,7H2,(H2,6,10). The molecule has 0 radical (unpaired) electrons. The number of anilines is 1. The fourth-order valence-electron chi connectivity index (χ4n) is 0.798. The maximum absolute atomic E-state index is 5.54. The fourth-order valence-corrected chi connectivity index (χ4v) is 1.40. The van der Waals surface area contributed by atoms with Gasteiger partial charge < -0.3 is 11.6 Å². The van der Waals surface area contributed by atoms with Gasteiger partial charge in [-0.2, -0.15) is 0 Å². The summed E-state index contributed by atoms with van der Waals surface area (Å²) in [5.41, 5.74) is 7.09. The molecule has 0 aliphatic carbocycles. The first-order valence-electron chi connectivity index (χ1n) is 3.14. The third-order valence-electron chi connectivity index (χ3n) is 1.37. The van der Waals surface area contributed by atoms with Crippen molar-refractivity contribution in [3.05, 3.63) is 11.7 Å². The van der Waals surface area contributed by atoms with Crippen molar-refractivity contribution < 1.29 is 0 Å². The van der Waals surface area contributed by atoms with Crippen LogP contribution in [0.1, 0.15) is 0 Å². The van der Waals surface area contributed by atoms with Crippen molar-refractivity contribution in [2.24, 2.45) is 0 Å². The topological polar surface area (TPSA) is 95.6 Å². The monoisotopic (exact) mass is 182 g/mol. The Bertz CT molecular complexity index is 377. The Balaban J connectivity index is 2.55. The van der Waals surface area contributed by atoms with Crippen molar-refractivity contribution >= 4 is 17.3 Å². The summed E-state index contributed by atoms with van der Waals surface area (Å²) in [6.45, 7) is 0. The number of nitrogen functional groups attached to an aromatic ring is 2. The first-order valence-corrected chi connectivity index (χ1v) is 4.02. The number of rotatable bonds is 1. The van der Waals surface area contributed by atoms with Crippen LogP contribution >= 0.6 is 11.3 Å². The molecule has 2 rings (SSSR count). The molecule has 62 valence electrons. The molecule has 0 unspecified atom stereocenters. The van der Waals surface area contributed by atoms with Crippen LogP contribution in [0, 0.1) is 0 Å². The molecule has 0 atom stereocenters. The van der Waals surface area contributed by atoms with Crippen molar-refractivity contribution in [2.45, 2.75) is 0 Å². The Kier molecular flexibility index (Phi) is 1.44. The fraction of sp³-hybridized carbons (Fsp3) is 0. The second kappa shape index (κ2) is 2.45. The molecule has 0 saturated heterocycles. The van der Waals surface area contributed by atoms with Gasteiger partial charge in [0, 0.05) is 6.20 Å². The van der Waals surface area contributed by atoms with E-state index >= 15 is 0 Å². The molecular weight excluding hydrogens is 176 g/mol. The molecule has 7 heteroatoms. The van der Waals surface area contributed by atoms with Crippen LogP contribution in [0.15, 0.2) is 11.7 Å². The molecule has 2 heterocycles. The predicted octanol–water partition coefficient (Wildman–Crippen LogP) is -0.302. The lowest BCUT2D eigenvalue weighted by Gasteiger charge is -1.95. The highest BCUT2D eigenvalue weighted by Gasteiger charge is 2.09. The van der Waals surface area contributed by atoms with Crippen LogP contribution in [0.2, 0.25) is 0 Å². The molecule has 2 aromatic rings. The van der Waals surface area contributed by atoms with Gasteiger partial charge >= 0.3 is 0 Å². The SMILES string of the molecule is Nc1nnc(-c2cncs2)n1N. The zero-order valence-electron chi connectivity index (χ0n) is 6.01. The van der Waals surface area contributed by atoms with Crippen molar-refractivity contribution in [1.82, 2.24) is 19.9 Å². The molecule has 2 aromatic heterocycles. The molecular formula is C5H6N6S. The van der Waals surface area contributed by atoms with E-state index in [0.717, 1.165) is 4.88 Å². The summed E-state index contributed by atoms with van der Waals surface area (Å²) in [7, 11) is 0. The highest BCUT2D eigenvalue weighted by molar-refractivity contribution is 7.13. The van der Waals surface area contributed by atoms with E-state index in [9.17, 15) is 0 Å². The zero-order valence-corrected chi connectivity index (χ0v) is 6.82. The number of aromatic nitrogens is 4. The van der Waals surface area contributed by atoms with Gasteiger partial charge in [0.15, 0.2) is 5.82 Å². The quantitative estimate of drug-likeness (QED) is 0.590. The van der Waals surface area contributed by atoms with Gasteiger partial charge in [0.05, 0.1) is 10.4 Å². The van der Waals surface area contributed by atoms with Crippen LogP contribution in [0.4, 0.5) is 5.95 Å². The lowest BCUT2D eigenvalue weighted by molar-refractivity contribution is 1.02. The minimum atomic E-state index is 0.193. The molecule has 0 saturated carbocycles. The van der Waals surface area contributed by atoms with Crippen LogP contribution in [-0.4, -0.2) is 19.9 Å². The molecule has 0 amide bonds. The Morgan fingerprint density at radius 1 is 1.42 bits per heavy atom. The second-order valence-corrected chi connectivity index (χ2v) is 3.00. The van der Waals surface area contributed by atoms with E-state index in [2.05, 4.69) is 15.2 Å². The summed E-state index contributed by atoms with van der Waals surface area (Å²) in [6, 6.07) is 0. The lowest BCUT2D eigenvalue weighted by atomic mass is 10.5. The van der Waals surface area contributed by atoms with Crippen molar-refractivity contribution in [3.63, 3.8) is 0 Å². The van der Waals surface area contributed by atoms with Gasteiger partial charge in [-0.3, -0.25) is 4.98 Å². The van der Waals surface area contributed by atoms with Crippen molar-refractivity contribution in [2.75, 3.05) is 11.6 Å². The smallest absolute Gasteiger partial charge is 0.241 e. The number of hydrogen-bond donors (Lipinski definition) is 2. The maximum atomic E-state index is 5.54. The second-order valence-electron chi connectivity index (χ2n) is 2.12. The van der Waals surface area contributed by atoms with Gasteiger partial charge in [-0.1, -0.05) is 0 Å². The number of nitrogens with two attached hydrogens (primary N) is 2. The van der Waals surface area contributed by atoms with Crippen LogP contribution in [0.5, 0.6) is 0 Å². The molecule has 0 aliphatic rings. The van der Waals surface area contributed by atoms with E-state index in [4.69, 9.17) is 11.6 Å². The van der Waals surface area contributed by atoms with Gasteiger partial charge in [0.25, 0.3) is 0 Å². The molecule has 0 aromatic carbocycles. The number of nitrogens with zero attached hydrogens (tertiary/aromatic N) is 4. The molecule has 6 nitrogen and oxygen atoms in total. The average Bonchev–Trinajstić information content (AvgIpc) is 2.64. The van der Waals surface area contributed by atoms with Gasteiger partial charge in [-0.25, -0.2) is 4.68 Å². The summed E-state index contributed by atoms with van der Waals surface area (Å²) in [5.74, 6) is 6.27. The Morgan fingerprint density at radius 2 is 2.25 bits per heavy atom. The third kappa shape index (κ3) is 0.909. The largest absolute Gasteiger partial charge is 0.366 e. The van der Waals surface area contributed by atoms with E-state index in [0.29, 0.717) is 5.82 Å². The average molecular weight is 182 g/mol. The minimum Gasteiger partial charge on any atom is -0.366 e. The molecule has 12 heavy (non-hydrogen) atoms. The summed E-state index contributed by atoms with van der Waals surface area (Å²) >= 11 is 1.43. The number of thiazole rings is 1. The maximum Gasteiger partial charge on any atom is 0.241 e. The van der Waals surface area contributed by atoms with Crippen LogP contribution < -0.4 is 11.6 Å². The van der Waals surface area contributed by atoms with Crippen molar-refractivity contribution in [1.29, 1.82) is 0 Å². The number of hydrogen-bond acceptors (Lipinski definition) is 6.